The molecule has 0 saturated carbocycles. The number of carbonyl (C=O) groups is 1. The molecule has 0 bridgehead atoms. The first-order valence-corrected chi connectivity index (χ1v) is 8.56. The van der Waals surface area contributed by atoms with Crippen LogP contribution in [0.4, 0.5) is 5.69 Å². The summed E-state index contributed by atoms with van der Waals surface area (Å²) in [5, 5.41) is 2.83. The van der Waals surface area contributed by atoms with Crippen molar-refractivity contribution in [2.75, 3.05) is 12.4 Å². The van der Waals surface area contributed by atoms with Crippen molar-refractivity contribution in [3.05, 3.63) is 76.8 Å². The van der Waals surface area contributed by atoms with E-state index in [9.17, 15) is 4.79 Å². The Morgan fingerprint density at radius 2 is 2.00 bits per heavy atom. The van der Waals surface area contributed by atoms with Crippen LogP contribution in [0.15, 0.2) is 65.7 Å². The molecule has 7 heteroatoms. The van der Waals surface area contributed by atoms with Crippen molar-refractivity contribution >= 4 is 27.5 Å². The van der Waals surface area contributed by atoms with E-state index in [4.69, 9.17) is 9.47 Å². The van der Waals surface area contributed by atoms with Crippen LogP contribution in [-0.2, 0) is 6.61 Å². The highest BCUT2D eigenvalue weighted by atomic mass is 79.9. The minimum Gasteiger partial charge on any atom is -0.493 e. The fraction of sp³-hybridized carbons (Fsp3) is 0.105. The molecule has 1 N–H and O–H groups in total. The zero-order valence-corrected chi connectivity index (χ0v) is 15.6. The van der Waals surface area contributed by atoms with Gasteiger partial charge in [-0.25, -0.2) is 0 Å². The lowest BCUT2D eigenvalue weighted by molar-refractivity contribution is 0.102. The zero-order valence-electron chi connectivity index (χ0n) is 14.0. The molecule has 0 spiro atoms. The molecule has 0 saturated heterocycles. The molecule has 0 atom stereocenters. The minimum absolute atomic E-state index is 0.262. The van der Waals surface area contributed by atoms with Gasteiger partial charge in [0.2, 0.25) is 0 Å². The van der Waals surface area contributed by atoms with Gasteiger partial charge >= 0.3 is 0 Å². The van der Waals surface area contributed by atoms with Crippen molar-refractivity contribution < 1.29 is 14.3 Å². The Morgan fingerprint density at radius 3 is 2.73 bits per heavy atom. The Balaban J connectivity index is 1.75. The topological polar surface area (TPSA) is 73.3 Å². The summed E-state index contributed by atoms with van der Waals surface area (Å²) in [4.78, 5) is 20.4. The van der Waals surface area contributed by atoms with Gasteiger partial charge in [0.1, 0.15) is 6.61 Å². The third kappa shape index (κ3) is 4.58. The zero-order chi connectivity index (χ0) is 18.4. The largest absolute Gasteiger partial charge is 0.493 e. The summed E-state index contributed by atoms with van der Waals surface area (Å²) in [7, 11) is 1.57. The Hall–Kier alpha value is -2.93. The average Bonchev–Trinajstić information content (AvgIpc) is 2.67. The second-order valence-electron chi connectivity index (χ2n) is 5.36. The van der Waals surface area contributed by atoms with E-state index in [1.165, 1.54) is 6.20 Å². The molecule has 0 radical (unpaired) electrons. The van der Waals surface area contributed by atoms with Crippen LogP contribution in [0, 0.1) is 0 Å². The molecule has 132 valence electrons. The Bertz CT molecular complexity index is 904. The summed E-state index contributed by atoms with van der Waals surface area (Å²) in [6, 6.07) is 10.7. The van der Waals surface area contributed by atoms with Gasteiger partial charge in [0.05, 0.1) is 12.7 Å². The molecule has 1 amide bonds. The first-order chi connectivity index (χ1) is 12.7. The summed E-state index contributed by atoms with van der Waals surface area (Å²) < 4.78 is 11.9. The van der Waals surface area contributed by atoms with Crippen LogP contribution < -0.4 is 14.8 Å². The van der Waals surface area contributed by atoms with E-state index >= 15 is 0 Å². The second-order valence-corrected chi connectivity index (χ2v) is 6.28. The number of pyridine rings is 2. The van der Waals surface area contributed by atoms with Gasteiger partial charge in [0.25, 0.3) is 5.91 Å². The summed E-state index contributed by atoms with van der Waals surface area (Å²) in [6.07, 6.45) is 6.56. The number of methoxy groups -OCH3 is 1. The van der Waals surface area contributed by atoms with Crippen molar-refractivity contribution in [2.45, 2.75) is 6.61 Å². The van der Waals surface area contributed by atoms with Gasteiger partial charge in [0.15, 0.2) is 11.5 Å². The van der Waals surface area contributed by atoms with Crippen molar-refractivity contribution in [2.24, 2.45) is 0 Å². The minimum atomic E-state index is -0.262. The first kappa shape index (κ1) is 17.9. The van der Waals surface area contributed by atoms with E-state index in [0.717, 1.165) is 10.0 Å². The number of ether oxygens (including phenoxy) is 2. The van der Waals surface area contributed by atoms with E-state index in [0.29, 0.717) is 29.4 Å². The second kappa shape index (κ2) is 8.44. The van der Waals surface area contributed by atoms with Crippen molar-refractivity contribution in [1.29, 1.82) is 0 Å². The van der Waals surface area contributed by atoms with Crippen LogP contribution in [-0.4, -0.2) is 23.0 Å². The van der Waals surface area contributed by atoms with Gasteiger partial charge in [0, 0.05) is 46.6 Å². The van der Waals surface area contributed by atoms with Crippen LogP contribution in [0.1, 0.15) is 15.9 Å². The Kier molecular flexibility index (Phi) is 5.80. The normalized spacial score (nSPS) is 10.2. The number of hydrogen-bond donors (Lipinski definition) is 1. The lowest BCUT2D eigenvalue weighted by atomic mass is 10.2. The third-order valence-corrected chi connectivity index (χ3v) is 3.94. The van der Waals surface area contributed by atoms with Gasteiger partial charge in [-0.3, -0.25) is 14.8 Å². The molecule has 0 aliphatic heterocycles. The Labute approximate surface area is 159 Å². The first-order valence-electron chi connectivity index (χ1n) is 7.77. The molecule has 0 aliphatic carbocycles. The number of rotatable bonds is 6. The fourth-order valence-electron chi connectivity index (χ4n) is 2.25. The fourth-order valence-corrected chi connectivity index (χ4v) is 2.62. The lowest BCUT2D eigenvalue weighted by Crippen LogP contribution is -2.12. The number of nitrogens with one attached hydrogen (secondary N) is 1. The highest BCUT2D eigenvalue weighted by molar-refractivity contribution is 9.10. The van der Waals surface area contributed by atoms with Gasteiger partial charge in [-0.05, 0) is 40.2 Å². The smallest absolute Gasteiger partial charge is 0.257 e. The molecule has 3 rings (SSSR count). The maximum absolute atomic E-state index is 12.4. The van der Waals surface area contributed by atoms with Crippen molar-refractivity contribution in [3.8, 4) is 11.5 Å². The number of anilines is 1. The molecule has 2 aromatic heterocycles. The number of halogens is 1. The van der Waals surface area contributed by atoms with Crippen LogP contribution >= 0.6 is 15.9 Å². The number of aromatic nitrogens is 2. The summed E-state index contributed by atoms with van der Waals surface area (Å²) in [5.74, 6) is 0.847. The van der Waals surface area contributed by atoms with Crippen LogP contribution in [0.25, 0.3) is 0 Å². The monoisotopic (exact) mass is 413 g/mol. The number of hydrogen-bond acceptors (Lipinski definition) is 5. The molecule has 0 fully saturated rings. The van der Waals surface area contributed by atoms with Gasteiger partial charge < -0.3 is 14.8 Å². The van der Waals surface area contributed by atoms with Gasteiger partial charge in [-0.15, -0.1) is 0 Å². The van der Waals surface area contributed by atoms with Crippen molar-refractivity contribution in [1.82, 2.24) is 9.97 Å². The molecule has 2 heterocycles. The standard InChI is InChI=1S/C19H16BrN3O3/c1-25-17-5-4-16(23-19(24)14-7-15(20)11-22-10-14)8-18(17)26-12-13-3-2-6-21-9-13/h2-11H,12H2,1H3,(H,23,24). The molecule has 26 heavy (non-hydrogen) atoms. The predicted molar refractivity (Wildman–Crippen MR) is 101 cm³/mol. The van der Waals surface area contributed by atoms with Crippen molar-refractivity contribution in [3.63, 3.8) is 0 Å². The molecule has 6 nitrogen and oxygen atoms in total. The highest BCUT2D eigenvalue weighted by Gasteiger charge is 2.11. The molecule has 0 aliphatic rings. The molecule has 1 aromatic carbocycles. The molecular weight excluding hydrogens is 398 g/mol. The third-order valence-electron chi connectivity index (χ3n) is 3.51. The SMILES string of the molecule is COc1ccc(NC(=O)c2cncc(Br)c2)cc1OCc1cccnc1. The highest BCUT2D eigenvalue weighted by Crippen LogP contribution is 2.31. The summed E-state index contributed by atoms with van der Waals surface area (Å²) >= 11 is 3.30. The number of amides is 1. The maximum Gasteiger partial charge on any atom is 0.257 e. The van der Waals surface area contributed by atoms with Gasteiger partial charge in [-0.2, -0.15) is 0 Å². The van der Waals surface area contributed by atoms with Crippen LogP contribution in [0.5, 0.6) is 11.5 Å². The van der Waals surface area contributed by atoms with E-state index in [1.807, 2.05) is 12.1 Å². The molecular formula is C19H16BrN3O3. The predicted octanol–water partition coefficient (Wildman–Crippen LogP) is 4.08. The molecule has 0 unspecified atom stereocenters. The van der Waals surface area contributed by atoms with E-state index in [2.05, 4.69) is 31.2 Å². The number of nitrogens with zero attached hydrogens (tertiary/aromatic N) is 2. The number of benzene rings is 1. The van der Waals surface area contributed by atoms with E-state index in [1.54, 1.807) is 50.0 Å². The summed E-state index contributed by atoms with van der Waals surface area (Å²) in [6.45, 7) is 0.344. The molecule has 3 aromatic rings. The number of carbonyl (C=O) groups excluding carboxylic acids is 1. The lowest BCUT2D eigenvalue weighted by Gasteiger charge is -2.13. The maximum atomic E-state index is 12.4. The van der Waals surface area contributed by atoms with E-state index in [-0.39, 0.29) is 5.91 Å². The van der Waals surface area contributed by atoms with Crippen LogP contribution in [0.2, 0.25) is 0 Å². The quantitative estimate of drug-likeness (QED) is 0.658. The average molecular weight is 414 g/mol. The van der Waals surface area contributed by atoms with Gasteiger partial charge in [-0.1, -0.05) is 6.07 Å². The van der Waals surface area contributed by atoms with Crippen LogP contribution in [0.3, 0.4) is 0 Å². The van der Waals surface area contributed by atoms with E-state index < -0.39 is 0 Å². The Morgan fingerprint density at radius 1 is 1.12 bits per heavy atom. The summed E-state index contributed by atoms with van der Waals surface area (Å²) in [5.41, 5.74) is 1.98.